The van der Waals surface area contributed by atoms with E-state index in [0.29, 0.717) is 13.2 Å². The molecule has 152 valence electrons. The maximum atomic E-state index is 12.1. The Bertz CT molecular complexity index is 706. The molecular weight excluding hydrogens is 364 g/mol. The summed E-state index contributed by atoms with van der Waals surface area (Å²) in [4.78, 5) is 4.18. The fourth-order valence-corrected chi connectivity index (χ4v) is 4.03. The molecule has 1 aliphatic heterocycles. The molecule has 1 heterocycles. The van der Waals surface area contributed by atoms with E-state index in [4.69, 9.17) is 10.5 Å². The van der Waals surface area contributed by atoms with Gasteiger partial charge in [0.1, 0.15) is 0 Å². The van der Waals surface area contributed by atoms with Crippen molar-refractivity contribution in [3.63, 3.8) is 0 Å². The Morgan fingerprint density at radius 3 is 2.56 bits per heavy atom. The molecule has 0 bridgehead atoms. The number of hydrogen-bond donors (Lipinski definition) is 3. The highest BCUT2D eigenvalue weighted by atomic mass is 32.2. The largest absolute Gasteiger partial charge is 0.377 e. The van der Waals surface area contributed by atoms with E-state index in [1.165, 1.54) is 0 Å². The summed E-state index contributed by atoms with van der Waals surface area (Å²) in [6.45, 7) is 5.31. The normalized spacial score (nSPS) is 18.4. The van der Waals surface area contributed by atoms with Crippen LogP contribution >= 0.6 is 0 Å². The first kappa shape index (κ1) is 21.7. The van der Waals surface area contributed by atoms with Crippen LogP contribution in [0.5, 0.6) is 0 Å². The standard InChI is InChI=1S/C19H32N4O3S/c1-3-15-8-7-9-16(4-2)18(15)23-19(20)21-11-13-27(24,25)22-14-17-10-5-6-12-26-17/h7-9,17,22H,3-6,10-14H2,1-2H3,(H3,20,21,23). The summed E-state index contributed by atoms with van der Waals surface area (Å²) in [5, 5.41) is 3.14. The first-order valence-electron chi connectivity index (χ1n) is 9.71. The van der Waals surface area contributed by atoms with Crippen molar-refractivity contribution in [1.29, 1.82) is 0 Å². The summed E-state index contributed by atoms with van der Waals surface area (Å²) in [5.41, 5.74) is 9.27. The average Bonchev–Trinajstić information content (AvgIpc) is 2.67. The molecule has 7 nitrogen and oxygen atoms in total. The van der Waals surface area contributed by atoms with Gasteiger partial charge in [-0.3, -0.25) is 4.99 Å². The lowest BCUT2D eigenvalue weighted by molar-refractivity contribution is 0.0200. The van der Waals surface area contributed by atoms with Gasteiger partial charge in [-0.25, -0.2) is 13.1 Å². The number of rotatable bonds is 9. The highest BCUT2D eigenvalue weighted by molar-refractivity contribution is 7.89. The number of nitrogens with zero attached hydrogens (tertiary/aromatic N) is 1. The van der Waals surface area contributed by atoms with Gasteiger partial charge in [0.2, 0.25) is 10.0 Å². The Morgan fingerprint density at radius 2 is 1.96 bits per heavy atom. The van der Waals surface area contributed by atoms with Crippen molar-refractivity contribution < 1.29 is 13.2 Å². The van der Waals surface area contributed by atoms with E-state index in [0.717, 1.165) is 48.9 Å². The van der Waals surface area contributed by atoms with Gasteiger partial charge in [0.25, 0.3) is 0 Å². The third-order valence-corrected chi connectivity index (χ3v) is 6.03. The molecule has 1 fully saturated rings. The zero-order valence-electron chi connectivity index (χ0n) is 16.3. The van der Waals surface area contributed by atoms with E-state index in [9.17, 15) is 8.42 Å². The van der Waals surface area contributed by atoms with Gasteiger partial charge in [0.15, 0.2) is 5.96 Å². The van der Waals surface area contributed by atoms with E-state index in [-0.39, 0.29) is 24.4 Å². The van der Waals surface area contributed by atoms with E-state index in [1.807, 2.05) is 6.07 Å². The molecule has 0 spiro atoms. The van der Waals surface area contributed by atoms with Crippen LogP contribution in [-0.4, -0.2) is 45.9 Å². The third-order valence-electron chi connectivity index (χ3n) is 4.70. The van der Waals surface area contributed by atoms with E-state index in [2.05, 4.69) is 41.0 Å². The lowest BCUT2D eigenvalue weighted by Gasteiger charge is -2.22. The molecular formula is C19H32N4O3S. The Balaban J connectivity index is 1.86. The van der Waals surface area contributed by atoms with Crippen LogP contribution in [0.25, 0.3) is 0 Å². The molecule has 1 atom stereocenters. The number of aryl methyl sites for hydroxylation is 2. The Labute approximate surface area is 162 Å². The zero-order valence-corrected chi connectivity index (χ0v) is 17.1. The minimum atomic E-state index is -3.40. The topological polar surface area (TPSA) is 106 Å². The number of aliphatic imine (C=N–C) groups is 1. The minimum absolute atomic E-state index is 0.0261. The van der Waals surface area contributed by atoms with Gasteiger partial charge in [-0.1, -0.05) is 32.0 Å². The fraction of sp³-hybridized carbons (Fsp3) is 0.632. The van der Waals surface area contributed by atoms with Gasteiger partial charge in [-0.05, 0) is 43.2 Å². The van der Waals surface area contributed by atoms with E-state index < -0.39 is 10.0 Å². The number of nitrogens with two attached hydrogens (primary N) is 1. The molecule has 0 aromatic heterocycles. The summed E-state index contributed by atoms with van der Waals surface area (Å²) < 4.78 is 32.4. The van der Waals surface area contributed by atoms with Crippen molar-refractivity contribution in [1.82, 2.24) is 4.72 Å². The molecule has 27 heavy (non-hydrogen) atoms. The lowest BCUT2D eigenvalue weighted by atomic mass is 10.0. The molecule has 1 unspecified atom stereocenters. The van der Waals surface area contributed by atoms with Crippen molar-refractivity contribution in [3.8, 4) is 0 Å². The molecule has 1 aromatic rings. The second-order valence-electron chi connectivity index (χ2n) is 6.71. The van der Waals surface area contributed by atoms with Gasteiger partial charge in [0.05, 0.1) is 18.4 Å². The van der Waals surface area contributed by atoms with E-state index in [1.54, 1.807) is 0 Å². The number of nitrogens with one attached hydrogen (secondary N) is 2. The summed E-state index contributed by atoms with van der Waals surface area (Å²) in [5.74, 6) is 0.134. The van der Waals surface area contributed by atoms with Crippen LogP contribution in [0.3, 0.4) is 0 Å². The highest BCUT2D eigenvalue weighted by Gasteiger charge is 2.17. The molecule has 1 aliphatic rings. The number of para-hydroxylation sites is 1. The molecule has 0 amide bonds. The quantitative estimate of drug-likeness (QED) is 0.437. The van der Waals surface area contributed by atoms with Gasteiger partial charge in [0, 0.05) is 18.8 Å². The van der Waals surface area contributed by atoms with Crippen LogP contribution in [0.2, 0.25) is 0 Å². The summed E-state index contributed by atoms with van der Waals surface area (Å²) in [6, 6.07) is 6.14. The second kappa shape index (κ2) is 10.6. The predicted octanol–water partition coefficient (Wildman–Crippen LogP) is 2.03. The Hall–Kier alpha value is -1.64. The van der Waals surface area contributed by atoms with Gasteiger partial charge >= 0.3 is 0 Å². The highest BCUT2D eigenvalue weighted by Crippen LogP contribution is 2.22. The van der Waals surface area contributed by atoms with Gasteiger partial charge in [-0.2, -0.15) is 0 Å². The SMILES string of the molecule is CCc1cccc(CC)c1NC(N)=NCCS(=O)(=O)NCC1CCCCO1. The van der Waals surface area contributed by atoms with Crippen molar-refractivity contribution in [2.75, 3.05) is 30.8 Å². The number of guanidine groups is 1. The summed E-state index contributed by atoms with van der Waals surface area (Å²) >= 11 is 0. The zero-order chi connectivity index (χ0) is 19.7. The molecule has 1 aromatic carbocycles. The molecule has 8 heteroatoms. The number of sulfonamides is 1. The van der Waals surface area contributed by atoms with Crippen LogP contribution in [-0.2, 0) is 27.6 Å². The van der Waals surface area contributed by atoms with Crippen LogP contribution in [0, 0.1) is 0 Å². The van der Waals surface area contributed by atoms with E-state index >= 15 is 0 Å². The summed E-state index contributed by atoms with van der Waals surface area (Å²) in [7, 11) is -3.40. The van der Waals surface area contributed by atoms with Crippen LogP contribution < -0.4 is 15.8 Å². The van der Waals surface area contributed by atoms with Crippen LogP contribution in [0.4, 0.5) is 5.69 Å². The average molecular weight is 397 g/mol. The Morgan fingerprint density at radius 1 is 1.26 bits per heavy atom. The Kier molecular flexibility index (Phi) is 8.53. The number of anilines is 1. The maximum absolute atomic E-state index is 12.1. The fourth-order valence-electron chi connectivity index (χ4n) is 3.12. The number of ether oxygens (including phenoxy) is 1. The first-order valence-corrected chi connectivity index (χ1v) is 11.4. The second-order valence-corrected chi connectivity index (χ2v) is 8.63. The van der Waals surface area contributed by atoms with Crippen molar-refractivity contribution >= 4 is 21.7 Å². The summed E-state index contributed by atoms with van der Waals surface area (Å²) in [6.07, 6.45) is 4.76. The minimum Gasteiger partial charge on any atom is -0.377 e. The number of hydrogen-bond acceptors (Lipinski definition) is 4. The molecule has 0 radical (unpaired) electrons. The third kappa shape index (κ3) is 7.12. The molecule has 2 rings (SSSR count). The predicted molar refractivity (Wildman–Crippen MR) is 111 cm³/mol. The molecule has 0 aliphatic carbocycles. The maximum Gasteiger partial charge on any atom is 0.213 e. The van der Waals surface area contributed by atoms with Crippen LogP contribution in [0.1, 0.15) is 44.2 Å². The lowest BCUT2D eigenvalue weighted by Crippen LogP contribution is -2.37. The van der Waals surface area contributed by atoms with Crippen molar-refractivity contribution in [3.05, 3.63) is 29.3 Å². The molecule has 4 N–H and O–H groups in total. The van der Waals surface area contributed by atoms with Crippen molar-refractivity contribution in [2.45, 2.75) is 52.1 Å². The number of benzene rings is 1. The van der Waals surface area contributed by atoms with Crippen molar-refractivity contribution in [2.24, 2.45) is 10.7 Å². The monoisotopic (exact) mass is 396 g/mol. The van der Waals surface area contributed by atoms with Crippen LogP contribution in [0.15, 0.2) is 23.2 Å². The molecule has 0 saturated carbocycles. The van der Waals surface area contributed by atoms with Gasteiger partial charge in [-0.15, -0.1) is 0 Å². The van der Waals surface area contributed by atoms with Gasteiger partial charge < -0.3 is 15.8 Å². The smallest absolute Gasteiger partial charge is 0.213 e. The first-order chi connectivity index (χ1) is 12.9. The molecule has 1 saturated heterocycles.